The molecule has 3 aliphatic rings. The molecule has 116 valence electrons. The van der Waals surface area contributed by atoms with Crippen molar-refractivity contribution < 1.29 is 19.4 Å². The molecule has 0 aromatic carbocycles. The molecule has 3 aliphatic heterocycles. The number of likely N-dealkylation sites (N-methyl/N-ethyl adjacent to an activating group) is 1. The van der Waals surface area contributed by atoms with Gasteiger partial charge in [-0.1, -0.05) is 26.0 Å². The lowest BCUT2D eigenvalue weighted by molar-refractivity contribution is -0.148. The Morgan fingerprint density at radius 1 is 1.52 bits per heavy atom. The zero-order chi connectivity index (χ0) is 15.2. The van der Waals surface area contributed by atoms with Gasteiger partial charge in [0, 0.05) is 13.1 Å². The molecule has 6 nitrogen and oxygen atoms in total. The molecular formula is C15H22N2O4. The van der Waals surface area contributed by atoms with Crippen LogP contribution in [0, 0.1) is 11.8 Å². The summed E-state index contributed by atoms with van der Waals surface area (Å²) in [5.74, 6) is -2.29. The van der Waals surface area contributed by atoms with Gasteiger partial charge in [-0.3, -0.25) is 9.59 Å². The molecule has 21 heavy (non-hydrogen) atoms. The Morgan fingerprint density at radius 3 is 2.86 bits per heavy atom. The van der Waals surface area contributed by atoms with E-state index in [1.54, 1.807) is 11.0 Å². The van der Waals surface area contributed by atoms with Gasteiger partial charge in [0.05, 0.1) is 18.6 Å². The number of fused-ring (bicyclic) bond motifs is 1. The highest BCUT2D eigenvalue weighted by atomic mass is 16.5. The van der Waals surface area contributed by atoms with Crippen molar-refractivity contribution in [1.29, 1.82) is 0 Å². The molecule has 1 N–H and O–H groups in total. The lowest BCUT2D eigenvalue weighted by Crippen LogP contribution is -2.40. The minimum atomic E-state index is -0.935. The number of carbonyl (C=O) groups excluding carboxylic acids is 1. The second-order valence-electron chi connectivity index (χ2n) is 6.02. The molecule has 0 saturated carbocycles. The summed E-state index contributed by atoms with van der Waals surface area (Å²) in [6.45, 7) is 8.01. The van der Waals surface area contributed by atoms with Crippen LogP contribution in [0.1, 0.15) is 13.8 Å². The molecule has 1 amide bonds. The number of ether oxygens (including phenoxy) is 1. The van der Waals surface area contributed by atoms with E-state index in [-0.39, 0.29) is 5.91 Å². The van der Waals surface area contributed by atoms with Crippen LogP contribution >= 0.6 is 0 Å². The Balaban J connectivity index is 1.74. The van der Waals surface area contributed by atoms with E-state index in [1.165, 1.54) is 0 Å². The molecule has 2 fully saturated rings. The molecule has 2 bridgehead atoms. The highest BCUT2D eigenvalue weighted by molar-refractivity contribution is 5.90. The standard InChI is InChI=1S/C15H22N2O4/c1-3-16(4-2)7-8-17-9-15-6-5-10(21-15)11(14(19)20)12(15)13(17)18/h5-6,10-12H,3-4,7-9H2,1-2H3,(H,19,20)/t10-,11?,12?,15-/m0/s1. The van der Waals surface area contributed by atoms with Gasteiger partial charge in [-0.15, -0.1) is 0 Å². The van der Waals surface area contributed by atoms with E-state index in [9.17, 15) is 14.7 Å². The Bertz CT molecular complexity index is 488. The maximum atomic E-state index is 12.6. The van der Waals surface area contributed by atoms with Gasteiger partial charge in [0.2, 0.25) is 5.91 Å². The number of nitrogens with zero attached hydrogens (tertiary/aromatic N) is 2. The molecular weight excluding hydrogens is 272 g/mol. The van der Waals surface area contributed by atoms with Crippen LogP contribution in [0.3, 0.4) is 0 Å². The predicted octanol–water partition coefficient (Wildman–Crippen LogP) is 0.195. The first kappa shape index (κ1) is 14.5. The summed E-state index contributed by atoms with van der Waals surface area (Å²) in [6.07, 6.45) is 3.26. The zero-order valence-corrected chi connectivity index (χ0v) is 12.5. The van der Waals surface area contributed by atoms with Crippen molar-refractivity contribution >= 4 is 11.9 Å². The number of carbonyl (C=O) groups is 2. The van der Waals surface area contributed by atoms with Gasteiger partial charge in [0.15, 0.2) is 0 Å². The summed E-state index contributed by atoms with van der Waals surface area (Å²) < 4.78 is 5.85. The van der Waals surface area contributed by atoms with Crippen molar-refractivity contribution in [2.75, 3.05) is 32.7 Å². The number of carboxylic acid groups (broad SMARTS) is 1. The number of hydrogen-bond acceptors (Lipinski definition) is 4. The Hall–Kier alpha value is -1.40. The van der Waals surface area contributed by atoms with Crippen molar-refractivity contribution in [2.24, 2.45) is 11.8 Å². The van der Waals surface area contributed by atoms with E-state index in [2.05, 4.69) is 18.7 Å². The van der Waals surface area contributed by atoms with Crippen LogP contribution in [-0.4, -0.2) is 71.2 Å². The van der Waals surface area contributed by atoms with Crippen LogP contribution in [0.5, 0.6) is 0 Å². The molecule has 6 heteroatoms. The number of aliphatic carboxylic acids is 1. The fraction of sp³-hybridized carbons (Fsp3) is 0.733. The van der Waals surface area contributed by atoms with Gasteiger partial charge in [0.1, 0.15) is 11.5 Å². The lowest BCUT2D eigenvalue weighted by Gasteiger charge is -2.24. The summed E-state index contributed by atoms with van der Waals surface area (Å²) in [4.78, 5) is 28.1. The van der Waals surface area contributed by atoms with E-state index < -0.39 is 29.5 Å². The molecule has 3 heterocycles. The minimum Gasteiger partial charge on any atom is -0.481 e. The average molecular weight is 294 g/mol. The third-order valence-corrected chi connectivity index (χ3v) is 5.04. The van der Waals surface area contributed by atoms with Gasteiger partial charge in [-0.2, -0.15) is 0 Å². The maximum Gasteiger partial charge on any atom is 0.310 e. The van der Waals surface area contributed by atoms with Crippen LogP contribution in [0.15, 0.2) is 12.2 Å². The van der Waals surface area contributed by atoms with E-state index in [1.807, 2.05) is 6.08 Å². The molecule has 0 radical (unpaired) electrons. The first-order valence-electron chi connectivity index (χ1n) is 7.63. The molecule has 1 spiro atoms. The largest absolute Gasteiger partial charge is 0.481 e. The number of carboxylic acids is 1. The van der Waals surface area contributed by atoms with E-state index in [4.69, 9.17) is 4.74 Å². The summed E-state index contributed by atoms with van der Waals surface area (Å²) in [5, 5.41) is 9.38. The normalized spacial score (nSPS) is 36.8. The number of hydrogen-bond donors (Lipinski definition) is 1. The molecule has 0 aliphatic carbocycles. The van der Waals surface area contributed by atoms with Gasteiger partial charge in [0.25, 0.3) is 0 Å². The van der Waals surface area contributed by atoms with Crippen LogP contribution in [0.4, 0.5) is 0 Å². The van der Waals surface area contributed by atoms with E-state index >= 15 is 0 Å². The second-order valence-corrected chi connectivity index (χ2v) is 6.02. The van der Waals surface area contributed by atoms with Crippen LogP contribution in [-0.2, 0) is 14.3 Å². The molecule has 2 unspecified atom stereocenters. The monoisotopic (exact) mass is 294 g/mol. The summed E-state index contributed by atoms with van der Waals surface area (Å²) in [5.41, 5.74) is -0.700. The maximum absolute atomic E-state index is 12.6. The quantitative estimate of drug-likeness (QED) is 0.708. The molecule has 2 saturated heterocycles. The van der Waals surface area contributed by atoms with Crippen LogP contribution in [0.25, 0.3) is 0 Å². The topological polar surface area (TPSA) is 70.1 Å². The highest BCUT2D eigenvalue weighted by Crippen LogP contribution is 2.51. The smallest absolute Gasteiger partial charge is 0.310 e. The van der Waals surface area contributed by atoms with Crippen molar-refractivity contribution in [3.8, 4) is 0 Å². The van der Waals surface area contributed by atoms with Crippen LogP contribution < -0.4 is 0 Å². The second kappa shape index (κ2) is 5.10. The molecule has 0 aromatic rings. The van der Waals surface area contributed by atoms with Gasteiger partial charge in [-0.25, -0.2) is 0 Å². The summed E-state index contributed by atoms with van der Waals surface area (Å²) >= 11 is 0. The van der Waals surface area contributed by atoms with Crippen LogP contribution in [0.2, 0.25) is 0 Å². The van der Waals surface area contributed by atoms with Gasteiger partial charge in [-0.05, 0) is 13.1 Å². The minimum absolute atomic E-state index is 0.0681. The zero-order valence-electron chi connectivity index (χ0n) is 12.5. The van der Waals surface area contributed by atoms with Gasteiger partial charge < -0.3 is 19.6 Å². The number of amides is 1. The summed E-state index contributed by atoms with van der Waals surface area (Å²) in [7, 11) is 0. The van der Waals surface area contributed by atoms with E-state index in [0.717, 1.165) is 19.6 Å². The average Bonchev–Trinajstić information content (AvgIpc) is 3.08. The SMILES string of the molecule is CCN(CC)CCN1C[C@]23C=C[C@H](O2)C(C(=O)O)C3C1=O. The lowest BCUT2D eigenvalue weighted by atomic mass is 9.77. The highest BCUT2D eigenvalue weighted by Gasteiger charge is 2.66. The Labute approximate surface area is 124 Å². The first-order valence-corrected chi connectivity index (χ1v) is 7.63. The summed E-state index contributed by atoms with van der Waals surface area (Å²) in [6, 6.07) is 0. The number of likely N-dealkylation sites (tertiary alicyclic amines) is 1. The fourth-order valence-electron chi connectivity index (χ4n) is 3.85. The molecule has 0 aromatic heterocycles. The van der Waals surface area contributed by atoms with Crippen molar-refractivity contribution in [1.82, 2.24) is 9.80 Å². The predicted molar refractivity (Wildman–Crippen MR) is 75.7 cm³/mol. The first-order chi connectivity index (χ1) is 10.0. The van der Waals surface area contributed by atoms with Gasteiger partial charge >= 0.3 is 5.97 Å². The third-order valence-electron chi connectivity index (χ3n) is 5.04. The van der Waals surface area contributed by atoms with Crippen molar-refractivity contribution in [3.63, 3.8) is 0 Å². The van der Waals surface area contributed by atoms with Crippen molar-refractivity contribution in [3.05, 3.63) is 12.2 Å². The fourth-order valence-corrected chi connectivity index (χ4v) is 3.85. The molecule has 3 rings (SSSR count). The molecule has 4 atom stereocenters. The van der Waals surface area contributed by atoms with Crippen molar-refractivity contribution in [2.45, 2.75) is 25.6 Å². The van der Waals surface area contributed by atoms with E-state index in [0.29, 0.717) is 13.1 Å². The Morgan fingerprint density at radius 2 is 2.24 bits per heavy atom. The number of rotatable bonds is 6. The Kier molecular flexibility index (Phi) is 3.53. The third kappa shape index (κ3) is 2.08.